The first kappa shape index (κ1) is 19.1. The van der Waals surface area contributed by atoms with Gasteiger partial charge in [0.25, 0.3) is 0 Å². The maximum absolute atomic E-state index is 12.2. The number of nitrogens with zero attached hydrogens (tertiary/aromatic N) is 5. The van der Waals surface area contributed by atoms with Crippen molar-refractivity contribution >= 4 is 11.8 Å². The van der Waals surface area contributed by atoms with E-state index in [1.165, 1.54) is 28.6 Å². The molecule has 0 aliphatic carbocycles. The molecule has 8 nitrogen and oxygen atoms in total. The number of alkyl halides is 2. The summed E-state index contributed by atoms with van der Waals surface area (Å²) in [4.78, 5) is 4.32. The number of benzene rings is 1. The lowest BCUT2D eigenvalue weighted by atomic mass is 10.1. The SMILES string of the molecule is CC(C)Cc1noc(CSc2nnc(-c3ccc(OC(F)F)cc3)n2N)n1. The largest absolute Gasteiger partial charge is 0.435 e. The van der Waals surface area contributed by atoms with Crippen LogP contribution in [0.2, 0.25) is 0 Å². The Morgan fingerprint density at radius 2 is 1.96 bits per heavy atom. The molecule has 3 rings (SSSR count). The smallest absolute Gasteiger partial charge is 0.387 e. The van der Waals surface area contributed by atoms with E-state index in [4.69, 9.17) is 10.4 Å². The second kappa shape index (κ2) is 8.33. The van der Waals surface area contributed by atoms with Gasteiger partial charge in [0, 0.05) is 12.0 Å². The molecule has 0 unspecified atom stereocenters. The summed E-state index contributed by atoms with van der Waals surface area (Å²) in [5.74, 6) is 8.49. The first-order valence-electron chi connectivity index (χ1n) is 8.12. The summed E-state index contributed by atoms with van der Waals surface area (Å²) in [5, 5.41) is 12.5. The van der Waals surface area contributed by atoms with Crippen molar-refractivity contribution in [1.29, 1.82) is 0 Å². The molecular formula is C16H18F2N6O2S. The van der Waals surface area contributed by atoms with Crippen molar-refractivity contribution in [3.05, 3.63) is 36.0 Å². The molecule has 0 fully saturated rings. The number of halogens is 2. The van der Waals surface area contributed by atoms with Gasteiger partial charge >= 0.3 is 6.61 Å². The Balaban J connectivity index is 1.65. The van der Waals surface area contributed by atoms with E-state index in [1.54, 1.807) is 12.1 Å². The third-order valence-electron chi connectivity index (χ3n) is 3.43. The molecule has 0 spiro atoms. The predicted octanol–water partition coefficient (Wildman–Crippen LogP) is 3.13. The van der Waals surface area contributed by atoms with E-state index < -0.39 is 6.61 Å². The molecule has 27 heavy (non-hydrogen) atoms. The summed E-state index contributed by atoms with van der Waals surface area (Å²) >= 11 is 1.30. The average Bonchev–Trinajstić information content (AvgIpc) is 3.19. The molecule has 2 heterocycles. The number of thioether (sulfide) groups is 1. The van der Waals surface area contributed by atoms with E-state index in [0.717, 1.165) is 6.42 Å². The van der Waals surface area contributed by atoms with E-state index >= 15 is 0 Å². The first-order valence-corrected chi connectivity index (χ1v) is 9.11. The topological polar surface area (TPSA) is 105 Å². The lowest BCUT2D eigenvalue weighted by Crippen LogP contribution is -2.11. The van der Waals surface area contributed by atoms with Gasteiger partial charge in [0.15, 0.2) is 11.6 Å². The normalized spacial score (nSPS) is 11.5. The van der Waals surface area contributed by atoms with Crippen LogP contribution in [0, 0.1) is 5.92 Å². The van der Waals surface area contributed by atoms with Crippen LogP contribution in [0.15, 0.2) is 33.9 Å². The summed E-state index contributed by atoms with van der Waals surface area (Å²) in [7, 11) is 0. The van der Waals surface area contributed by atoms with Gasteiger partial charge in [0.1, 0.15) is 5.75 Å². The number of rotatable bonds is 8. The van der Waals surface area contributed by atoms with E-state index in [0.29, 0.717) is 39.9 Å². The van der Waals surface area contributed by atoms with E-state index in [1.807, 2.05) is 0 Å². The van der Waals surface area contributed by atoms with Gasteiger partial charge in [0.2, 0.25) is 11.0 Å². The molecule has 2 N–H and O–H groups in total. The number of hydrogen-bond donors (Lipinski definition) is 1. The molecule has 0 amide bonds. The number of nitrogen functional groups attached to an aromatic ring is 1. The zero-order valence-corrected chi connectivity index (χ0v) is 15.5. The standard InChI is InChI=1S/C16H18F2N6O2S/c1-9(2)7-12-20-13(26-23-12)8-27-16-22-21-14(24(16)19)10-3-5-11(6-4-10)25-15(17)18/h3-6,9,15H,7-8,19H2,1-2H3. The molecule has 0 saturated carbocycles. The third-order valence-corrected chi connectivity index (χ3v) is 4.36. The Kier molecular flexibility index (Phi) is 5.89. The molecule has 0 saturated heterocycles. The van der Waals surface area contributed by atoms with E-state index in [9.17, 15) is 8.78 Å². The molecule has 2 aromatic heterocycles. The minimum Gasteiger partial charge on any atom is -0.435 e. The number of hydrogen-bond acceptors (Lipinski definition) is 8. The summed E-state index contributed by atoms with van der Waals surface area (Å²) in [5.41, 5.74) is 0.621. The van der Waals surface area contributed by atoms with Crippen LogP contribution in [-0.2, 0) is 12.2 Å². The predicted molar refractivity (Wildman–Crippen MR) is 94.6 cm³/mol. The minimum atomic E-state index is -2.87. The van der Waals surface area contributed by atoms with Gasteiger partial charge in [-0.1, -0.05) is 30.8 Å². The van der Waals surface area contributed by atoms with Gasteiger partial charge in [0.05, 0.1) is 5.75 Å². The summed E-state index contributed by atoms with van der Waals surface area (Å²) in [6, 6.07) is 5.99. The monoisotopic (exact) mass is 396 g/mol. The number of nitrogens with two attached hydrogens (primary N) is 1. The fourth-order valence-corrected chi connectivity index (χ4v) is 2.97. The quantitative estimate of drug-likeness (QED) is 0.457. The first-order chi connectivity index (χ1) is 12.9. The van der Waals surface area contributed by atoms with Crippen molar-refractivity contribution in [3.63, 3.8) is 0 Å². The van der Waals surface area contributed by atoms with Gasteiger partial charge in [-0.15, -0.1) is 10.2 Å². The van der Waals surface area contributed by atoms with Crippen molar-refractivity contribution in [2.24, 2.45) is 5.92 Å². The Morgan fingerprint density at radius 3 is 2.63 bits per heavy atom. The van der Waals surface area contributed by atoms with Crippen LogP contribution in [0.5, 0.6) is 5.75 Å². The van der Waals surface area contributed by atoms with E-state index in [-0.39, 0.29) is 5.75 Å². The second-order valence-electron chi connectivity index (χ2n) is 6.07. The molecule has 0 aliphatic rings. The van der Waals surface area contributed by atoms with Gasteiger partial charge in [-0.3, -0.25) is 0 Å². The van der Waals surface area contributed by atoms with Crippen molar-refractivity contribution in [2.75, 3.05) is 5.84 Å². The highest BCUT2D eigenvalue weighted by Gasteiger charge is 2.15. The molecule has 0 radical (unpaired) electrons. The van der Waals surface area contributed by atoms with Crippen LogP contribution in [0.25, 0.3) is 11.4 Å². The zero-order chi connectivity index (χ0) is 19.4. The minimum absolute atomic E-state index is 0.0556. The Hall–Kier alpha value is -2.69. The highest BCUT2D eigenvalue weighted by molar-refractivity contribution is 7.98. The fraction of sp³-hybridized carbons (Fsp3) is 0.375. The van der Waals surface area contributed by atoms with Gasteiger partial charge < -0.3 is 15.1 Å². The molecule has 0 atom stereocenters. The zero-order valence-electron chi connectivity index (χ0n) is 14.7. The van der Waals surface area contributed by atoms with Crippen LogP contribution in [-0.4, -0.2) is 31.6 Å². The van der Waals surface area contributed by atoms with Crippen LogP contribution in [0.3, 0.4) is 0 Å². The van der Waals surface area contributed by atoms with Gasteiger partial charge in [-0.25, -0.2) is 4.68 Å². The van der Waals surface area contributed by atoms with Crippen molar-refractivity contribution in [1.82, 2.24) is 25.0 Å². The average molecular weight is 396 g/mol. The molecule has 0 bridgehead atoms. The molecular weight excluding hydrogens is 378 g/mol. The summed E-state index contributed by atoms with van der Waals surface area (Å²) < 4.78 is 35.3. The van der Waals surface area contributed by atoms with Crippen LogP contribution in [0.1, 0.15) is 25.6 Å². The molecule has 1 aromatic carbocycles. The Labute approximate surface area is 158 Å². The number of ether oxygens (including phenoxy) is 1. The van der Waals surface area contributed by atoms with Crippen molar-refractivity contribution in [2.45, 2.75) is 37.8 Å². The third kappa shape index (κ3) is 4.94. The second-order valence-corrected chi connectivity index (χ2v) is 7.01. The Morgan fingerprint density at radius 1 is 1.22 bits per heavy atom. The van der Waals surface area contributed by atoms with Crippen molar-refractivity contribution in [3.8, 4) is 17.1 Å². The van der Waals surface area contributed by atoms with Gasteiger partial charge in [-0.2, -0.15) is 13.8 Å². The lowest BCUT2D eigenvalue weighted by molar-refractivity contribution is -0.0498. The molecule has 3 aromatic rings. The van der Waals surface area contributed by atoms with Gasteiger partial charge in [-0.05, 0) is 30.2 Å². The molecule has 11 heteroatoms. The van der Waals surface area contributed by atoms with Crippen LogP contribution >= 0.6 is 11.8 Å². The maximum Gasteiger partial charge on any atom is 0.387 e. The van der Waals surface area contributed by atoms with Crippen LogP contribution in [0.4, 0.5) is 8.78 Å². The summed E-state index contributed by atoms with van der Waals surface area (Å²) in [6.07, 6.45) is 0.747. The number of aromatic nitrogens is 5. The lowest BCUT2D eigenvalue weighted by Gasteiger charge is -2.06. The fourth-order valence-electron chi connectivity index (χ4n) is 2.28. The van der Waals surface area contributed by atoms with Crippen LogP contribution < -0.4 is 10.6 Å². The highest BCUT2D eigenvalue weighted by atomic mass is 32.2. The molecule has 0 aliphatic heterocycles. The summed E-state index contributed by atoms with van der Waals surface area (Å²) in [6.45, 7) is 1.29. The Bertz CT molecular complexity index is 881. The molecule has 144 valence electrons. The van der Waals surface area contributed by atoms with Crippen molar-refractivity contribution < 1.29 is 18.0 Å². The highest BCUT2D eigenvalue weighted by Crippen LogP contribution is 2.25. The van der Waals surface area contributed by atoms with E-state index in [2.05, 4.69) is 38.9 Å². The maximum atomic E-state index is 12.2.